The summed E-state index contributed by atoms with van der Waals surface area (Å²) in [6.45, 7) is 5.64. The first kappa shape index (κ1) is 13.9. The minimum Gasteiger partial charge on any atom is -0.478 e. The molecule has 1 fully saturated rings. The first-order valence-corrected chi connectivity index (χ1v) is 6.76. The number of aryl methyl sites for hydroxylation is 1. The number of carbonyl (C=O) groups is 1. The molecule has 0 spiro atoms. The van der Waals surface area contributed by atoms with Gasteiger partial charge in [0.05, 0.1) is 11.7 Å². The molecule has 2 rings (SSSR count). The average molecular weight is 263 g/mol. The summed E-state index contributed by atoms with van der Waals surface area (Å²) < 4.78 is 0. The third-order valence-corrected chi connectivity index (χ3v) is 4.01. The van der Waals surface area contributed by atoms with E-state index in [9.17, 15) is 9.90 Å². The van der Waals surface area contributed by atoms with Crippen molar-refractivity contribution in [3.8, 4) is 0 Å². The van der Waals surface area contributed by atoms with Gasteiger partial charge in [0.25, 0.3) is 0 Å². The molecule has 1 unspecified atom stereocenters. The van der Waals surface area contributed by atoms with Crippen LogP contribution in [0.15, 0.2) is 18.2 Å². The van der Waals surface area contributed by atoms with E-state index < -0.39 is 5.97 Å². The molecule has 104 valence electrons. The van der Waals surface area contributed by atoms with Gasteiger partial charge in [-0.1, -0.05) is 0 Å². The number of nitrogens with zero attached hydrogens (tertiary/aromatic N) is 1. The Balaban J connectivity index is 2.09. The van der Waals surface area contributed by atoms with Gasteiger partial charge in [0.15, 0.2) is 0 Å². The van der Waals surface area contributed by atoms with Gasteiger partial charge in [0, 0.05) is 18.8 Å². The van der Waals surface area contributed by atoms with Crippen LogP contribution >= 0.6 is 0 Å². The molecule has 0 aromatic heterocycles. The van der Waals surface area contributed by atoms with E-state index in [1.165, 1.54) is 0 Å². The van der Waals surface area contributed by atoms with E-state index in [-0.39, 0.29) is 6.10 Å². The maximum atomic E-state index is 10.9. The summed E-state index contributed by atoms with van der Waals surface area (Å²) in [5.41, 5.74) is 2.43. The fourth-order valence-corrected chi connectivity index (χ4v) is 2.77. The van der Waals surface area contributed by atoms with Gasteiger partial charge in [0.1, 0.15) is 0 Å². The van der Waals surface area contributed by atoms with Crippen LogP contribution in [-0.4, -0.2) is 35.4 Å². The predicted octanol–water partition coefficient (Wildman–Crippen LogP) is 2.29. The van der Waals surface area contributed by atoms with Gasteiger partial charge < -0.3 is 15.1 Å². The van der Waals surface area contributed by atoms with Gasteiger partial charge in [-0.15, -0.1) is 0 Å². The van der Waals surface area contributed by atoms with Crippen molar-refractivity contribution >= 4 is 11.7 Å². The standard InChI is InChI=1S/C15H21NO3/c1-10-9-13(15(18)19)3-4-14(10)16-7-5-12(6-8-16)11(2)17/h3-4,9,11-12,17H,5-8H2,1-2H3,(H,18,19). The summed E-state index contributed by atoms with van der Waals surface area (Å²) in [6, 6.07) is 5.27. The first-order chi connectivity index (χ1) is 8.99. The fourth-order valence-electron chi connectivity index (χ4n) is 2.77. The van der Waals surface area contributed by atoms with Crippen LogP contribution in [-0.2, 0) is 0 Å². The molecule has 1 aliphatic heterocycles. The van der Waals surface area contributed by atoms with Gasteiger partial charge in [-0.25, -0.2) is 4.79 Å². The fraction of sp³-hybridized carbons (Fsp3) is 0.533. The second kappa shape index (κ2) is 5.61. The number of aromatic carboxylic acids is 1. The number of piperidine rings is 1. The highest BCUT2D eigenvalue weighted by Gasteiger charge is 2.23. The Labute approximate surface area is 113 Å². The number of carboxylic acids is 1. The van der Waals surface area contributed by atoms with Crippen molar-refractivity contribution in [3.05, 3.63) is 29.3 Å². The molecule has 0 amide bonds. The molecule has 1 aliphatic rings. The minimum atomic E-state index is -0.887. The van der Waals surface area contributed by atoms with Crippen LogP contribution in [0.3, 0.4) is 0 Å². The van der Waals surface area contributed by atoms with Crippen molar-refractivity contribution in [1.29, 1.82) is 0 Å². The van der Waals surface area contributed by atoms with Crippen LogP contribution in [0.5, 0.6) is 0 Å². The number of hydrogen-bond acceptors (Lipinski definition) is 3. The molecule has 4 heteroatoms. The van der Waals surface area contributed by atoms with Gasteiger partial charge in [0.2, 0.25) is 0 Å². The molecular formula is C15H21NO3. The SMILES string of the molecule is Cc1cc(C(=O)O)ccc1N1CCC(C(C)O)CC1. The molecule has 4 nitrogen and oxygen atoms in total. The molecule has 1 aromatic carbocycles. The van der Waals surface area contributed by atoms with E-state index in [2.05, 4.69) is 4.90 Å². The molecular weight excluding hydrogens is 242 g/mol. The van der Waals surface area contributed by atoms with Crippen LogP contribution in [0.25, 0.3) is 0 Å². The van der Waals surface area contributed by atoms with Crippen LogP contribution in [0.4, 0.5) is 5.69 Å². The Kier molecular flexibility index (Phi) is 4.10. The zero-order chi connectivity index (χ0) is 14.0. The normalized spacial score (nSPS) is 18.4. The lowest BCUT2D eigenvalue weighted by Gasteiger charge is -2.35. The molecule has 2 N–H and O–H groups in total. The summed E-state index contributed by atoms with van der Waals surface area (Å²) >= 11 is 0. The van der Waals surface area contributed by atoms with Gasteiger partial charge >= 0.3 is 5.97 Å². The maximum Gasteiger partial charge on any atom is 0.335 e. The molecule has 0 aliphatic carbocycles. The van der Waals surface area contributed by atoms with Crippen molar-refractivity contribution in [2.75, 3.05) is 18.0 Å². The lowest BCUT2D eigenvalue weighted by Crippen LogP contribution is -2.37. The lowest BCUT2D eigenvalue weighted by atomic mass is 9.91. The Morgan fingerprint density at radius 3 is 2.47 bits per heavy atom. The lowest BCUT2D eigenvalue weighted by molar-refractivity contribution is 0.0696. The number of carboxylic acid groups (broad SMARTS) is 1. The molecule has 1 atom stereocenters. The molecule has 0 radical (unpaired) electrons. The van der Waals surface area contributed by atoms with Crippen molar-refractivity contribution < 1.29 is 15.0 Å². The molecule has 19 heavy (non-hydrogen) atoms. The zero-order valence-corrected chi connectivity index (χ0v) is 11.5. The smallest absolute Gasteiger partial charge is 0.335 e. The number of aliphatic hydroxyl groups is 1. The Morgan fingerprint density at radius 2 is 2.00 bits per heavy atom. The minimum absolute atomic E-state index is 0.238. The van der Waals surface area contributed by atoms with E-state index in [4.69, 9.17) is 5.11 Å². The summed E-state index contributed by atoms with van der Waals surface area (Å²) in [5.74, 6) is -0.502. The van der Waals surface area contributed by atoms with E-state index in [0.717, 1.165) is 37.2 Å². The number of anilines is 1. The van der Waals surface area contributed by atoms with Crippen LogP contribution in [0, 0.1) is 12.8 Å². The van der Waals surface area contributed by atoms with E-state index in [1.54, 1.807) is 12.1 Å². The first-order valence-electron chi connectivity index (χ1n) is 6.76. The topological polar surface area (TPSA) is 60.8 Å². The molecule has 0 saturated carbocycles. The quantitative estimate of drug-likeness (QED) is 0.878. The van der Waals surface area contributed by atoms with Crippen molar-refractivity contribution in [3.63, 3.8) is 0 Å². The maximum absolute atomic E-state index is 10.9. The van der Waals surface area contributed by atoms with Gasteiger partial charge in [-0.3, -0.25) is 0 Å². The number of aliphatic hydroxyl groups excluding tert-OH is 1. The Bertz CT molecular complexity index is 462. The molecule has 1 saturated heterocycles. The van der Waals surface area contributed by atoms with Crippen LogP contribution < -0.4 is 4.90 Å². The van der Waals surface area contributed by atoms with Gasteiger partial charge in [-0.05, 0) is 56.4 Å². The third-order valence-electron chi connectivity index (χ3n) is 4.01. The van der Waals surface area contributed by atoms with Crippen LogP contribution in [0.2, 0.25) is 0 Å². The van der Waals surface area contributed by atoms with Gasteiger partial charge in [-0.2, -0.15) is 0 Å². The zero-order valence-electron chi connectivity index (χ0n) is 11.5. The summed E-state index contributed by atoms with van der Waals surface area (Å²) in [4.78, 5) is 13.2. The summed E-state index contributed by atoms with van der Waals surface area (Å²) in [5, 5.41) is 18.6. The van der Waals surface area contributed by atoms with E-state index in [1.807, 2.05) is 19.9 Å². The predicted molar refractivity (Wildman–Crippen MR) is 74.8 cm³/mol. The monoisotopic (exact) mass is 263 g/mol. The average Bonchev–Trinajstić information content (AvgIpc) is 2.38. The Morgan fingerprint density at radius 1 is 1.37 bits per heavy atom. The number of hydrogen-bond donors (Lipinski definition) is 2. The molecule has 1 heterocycles. The highest BCUT2D eigenvalue weighted by molar-refractivity contribution is 5.88. The molecule has 1 aromatic rings. The van der Waals surface area contributed by atoms with Crippen LogP contribution in [0.1, 0.15) is 35.7 Å². The second-order valence-corrected chi connectivity index (χ2v) is 5.37. The van der Waals surface area contributed by atoms with E-state index >= 15 is 0 Å². The highest BCUT2D eigenvalue weighted by Crippen LogP contribution is 2.28. The summed E-state index contributed by atoms with van der Waals surface area (Å²) in [7, 11) is 0. The van der Waals surface area contributed by atoms with Crippen molar-refractivity contribution in [2.45, 2.75) is 32.8 Å². The van der Waals surface area contributed by atoms with Crippen molar-refractivity contribution in [1.82, 2.24) is 0 Å². The number of benzene rings is 1. The third kappa shape index (κ3) is 3.07. The van der Waals surface area contributed by atoms with Crippen molar-refractivity contribution in [2.24, 2.45) is 5.92 Å². The Hall–Kier alpha value is -1.55. The highest BCUT2D eigenvalue weighted by atomic mass is 16.4. The number of rotatable bonds is 3. The summed E-state index contributed by atoms with van der Waals surface area (Å²) in [6.07, 6.45) is 1.73. The second-order valence-electron chi connectivity index (χ2n) is 5.37. The largest absolute Gasteiger partial charge is 0.478 e. The molecule has 0 bridgehead atoms. The van der Waals surface area contributed by atoms with E-state index in [0.29, 0.717) is 11.5 Å².